The van der Waals surface area contributed by atoms with Crippen molar-refractivity contribution in [2.24, 2.45) is 0 Å². The van der Waals surface area contributed by atoms with Crippen LogP contribution in [-0.2, 0) is 10.0 Å². The Balaban J connectivity index is 2.46. The van der Waals surface area contributed by atoms with Crippen molar-refractivity contribution in [1.82, 2.24) is 10.2 Å². The van der Waals surface area contributed by atoms with Gasteiger partial charge in [-0.15, -0.1) is 0 Å². The highest BCUT2D eigenvalue weighted by Crippen LogP contribution is 2.27. The van der Waals surface area contributed by atoms with Crippen LogP contribution in [-0.4, -0.2) is 18.6 Å². The van der Waals surface area contributed by atoms with Gasteiger partial charge < -0.3 is 5.73 Å². The molecule has 6 nitrogen and oxygen atoms in total. The summed E-state index contributed by atoms with van der Waals surface area (Å²) in [7, 11) is -3.74. The lowest BCUT2D eigenvalue weighted by Crippen LogP contribution is -2.15. The summed E-state index contributed by atoms with van der Waals surface area (Å²) in [4.78, 5) is 0.0865. The number of hydrogen-bond acceptors (Lipinski definition) is 4. The zero-order valence-corrected chi connectivity index (χ0v) is 11.9. The Kier molecular flexibility index (Phi) is 3.42. The second-order valence-corrected chi connectivity index (χ2v) is 6.23. The highest BCUT2D eigenvalue weighted by atomic mass is 35.5. The van der Waals surface area contributed by atoms with Crippen LogP contribution in [0.4, 0.5) is 11.5 Å². The maximum atomic E-state index is 12.3. The van der Waals surface area contributed by atoms with E-state index in [1.807, 2.05) is 0 Å². The van der Waals surface area contributed by atoms with Crippen LogP contribution in [0, 0.1) is 13.8 Å². The van der Waals surface area contributed by atoms with Crippen LogP contribution in [0.2, 0.25) is 5.02 Å². The molecule has 0 saturated carbocycles. The molecular weight excluding hydrogens is 288 g/mol. The van der Waals surface area contributed by atoms with Crippen molar-refractivity contribution in [3.63, 3.8) is 0 Å². The zero-order chi connectivity index (χ0) is 14.2. The quantitative estimate of drug-likeness (QED) is 0.755. The molecule has 0 aliphatic rings. The van der Waals surface area contributed by atoms with E-state index in [0.29, 0.717) is 22.0 Å². The van der Waals surface area contributed by atoms with Gasteiger partial charge in [0.15, 0.2) is 0 Å². The van der Waals surface area contributed by atoms with E-state index < -0.39 is 10.0 Å². The summed E-state index contributed by atoms with van der Waals surface area (Å²) in [6.45, 7) is 3.39. The van der Waals surface area contributed by atoms with Crippen molar-refractivity contribution in [2.45, 2.75) is 18.7 Å². The first-order valence-corrected chi connectivity index (χ1v) is 7.26. The summed E-state index contributed by atoms with van der Waals surface area (Å²) in [5.74, 6) is 0.327. The van der Waals surface area contributed by atoms with Crippen molar-refractivity contribution in [3.05, 3.63) is 34.5 Å². The van der Waals surface area contributed by atoms with Gasteiger partial charge in [0.05, 0.1) is 21.8 Å². The lowest BCUT2D eigenvalue weighted by Gasteiger charge is -2.11. The molecule has 0 aliphatic heterocycles. The number of H-pyrrole nitrogens is 1. The molecule has 1 heterocycles. The number of anilines is 2. The van der Waals surface area contributed by atoms with Gasteiger partial charge >= 0.3 is 0 Å². The van der Waals surface area contributed by atoms with E-state index in [0.717, 1.165) is 0 Å². The number of sulfonamides is 1. The van der Waals surface area contributed by atoms with E-state index in [4.69, 9.17) is 17.3 Å². The second kappa shape index (κ2) is 4.75. The van der Waals surface area contributed by atoms with Crippen LogP contribution in [0.5, 0.6) is 0 Å². The van der Waals surface area contributed by atoms with E-state index in [1.165, 1.54) is 18.3 Å². The number of benzene rings is 1. The SMILES string of the molecule is Cc1cc(Cl)c(N)cc1S(=O)(=O)Nc1[nH]ncc1C. The molecule has 1 aromatic carbocycles. The number of aryl methyl sites for hydroxylation is 2. The van der Waals surface area contributed by atoms with Gasteiger partial charge in [-0.1, -0.05) is 11.6 Å². The maximum Gasteiger partial charge on any atom is 0.263 e. The highest BCUT2D eigenvalue weighted by Gasteiger charge is 2.20. The Labute approximate surface area is 116 Å². The molecular formula is C11H13ClN4O2S. The Hall–Kier alpha value is -1.73. The third-order valence-electron chi connectivity index (χ3n) is 2.65. The number of halogens is 1. The zero-order valence-electron chi connectivity index (χ0n) is 10.4. The van der Waals surface area contributed by atoms with Gasteiger partial charge in [0.2, 0.25) is 0 Å². The normalized spacial score (nSPS) is 11.5. The Morgan fingerprint density at radius 2 is 2.00 bits per heavy atom. The Bertz CT molecular complexity index is 724. The van der Waals surface area contributed by atoms with E-state index in [-0.39, 0.29) is 10.6 Å². The number of aromatic nitrogens is 2. The van der Waals surface area contributed by atoms with E-state index in [1.54, 1.807) is 13.8 Å². The highest BCUT2D eigenvalue weighted by molar-refractivity contribution is 7.92. The maximum absolute atomic E-state index is 12.3. The minimum atomic E-state index is -3.74. The number of aromatic amines is 1. The predicted octanol–water partition coefficient (Wildman–Crippen LogP) is 2.06. The largest absolute Gasteiger partial charge is 0.397 e. The van der Waals surface area contributed by atoms with Crippen molar-refractivity contribution in [3.8, 4) is 0 Å². The van der Waals surface area contributed by atoms with Gasteiger partial charge in [0.1, 0.15) is 5.82 Å². The van der Waals surface area contributed by atoms with E-state index in [9.17, 15) is 8.42 Å². The standard InChI is InChI=1S/C11H13ClN4O2S/c1-6-3-8(12)9(13)4-10(6)19(17,18)16-11-7(2)5-14-15-11/h3-5H,13H2,1-2H3,(H2,14,15,16). The van der Waals surface area contributed by atoms with Gasteiger partial charge in [0, 0.05) is 5.56 Å². The number of nitrogens with two attached hydrogens (primary N) is 1. The fraction of sp³-hybridized carbons (Fsp3) is 0.182. The van der Waals surface area contributed by atoms with Crippen LogP contribution < -0.4 is 10.5 Å². The molecule has 0 aliphatic carbocycles. The lowest BCUT2D eigenvalue weighted by atomic mass is 10.2. The van der Waals surface area contributed by atoms with Crippen molar-refractivity contribution in [1.29, 1.82) is 0 Å². The first-order valence-electron chi connectivity index (χ1n) is 5.39. The Morgan fingerprint density at radius 3 is 2.58 bits per heavy atom. The molecule has 0 radical (unpaired) electrons. The van der Waals surface area contributed by atoms with Crippen LogP contribution in [0.3, 0.4) is 0 Å². The first kappa shape index (κ1) is 13.7. The minimum absolute atomic E-state index is 0.0865. The topological polar surface area (TPSA) is 101 Å². The van der Waals surface area contributed by atoms with Crippen LogP contribution >= 0.6 is 11.6 Å². The lowest BCUT2D eigenvalue weighted by molar-refractivity contribution is 0.600. The van der Waals surface area contributed by atoms with Gasteiger partial charge in [0.25, 0.3) is 10.0 Å². The molecule has 0 spiro atoms. The molecule has 0 bridgehead atoms. The van der Waals surface area contributed by atoms with Crippen LogP contribution in [0.15, 0.2) is 23.2 Å². The van der Waals surface area contributed by atoms with Crippen molar-refractivity contribution < 1.29 is 8.42 Å². The minimum Gasteiger partial charge on any atom is -0.397 e. The summed E-state index contributed by atoms with van der Waals surface area (Å²) in [6, 6.07) is 2.86. The molecule has 19 heavy (non-hydrogen) atoms. The molecule has 4 N–H and O–H groups in total. The molecule has 0 saturated heterocycles. The van der Waals surface area contributed by atoms with Crippen molar-refractivity contribution in [2.75, 3.05) is 10.5 Å². The smallest absolute Gasteiger partial charge is 0.263 e. The summed E-state index contributed by atoms with van der Waals surface area (Å²) >= 11 is 5.85. The summed E-state index contributed by atoms with van der Waals surface area (Å²) < 4.78 is 27.0. The average Bonchev–Trinajstić information content (AvgIpc) is 2.69. The third-order valence-corrected chi connectivity index (χ3v) is 4.47. The molecule has 8 heteroatoms. The fourth-order valence-corrected chi connectivity index (χ4v) is 3.17. The van der Waals surface area contributed by atoms with E-state index in [2.05, 4.69) is 14.9 Å². The molecule has 102 valence electrons. The number of hydrogen-bond donors (Lipinski definition) is 3. The first-order chi connectivity index (χ1) is 8.81. The molecule has 0 atom stereocenters. The Morgan fingerprint density at radius 1 is 1.32 bits per heavy atom. The molecule has 1 aromatic heterocycles. The molecule has 0 unspecified atom stereocenters. The number of nitrogens with zero attached hydrogens (tertiary/aromatic N) is 1. The monoisotopic (exact) mass is 300 g/mol. The van der Waals surface area contributed by atoms with Crippen LogP contribution in [0.1, 0.15) is 11.1 Å². The van der Waals surface area contributed by atoms with Crippen molar-refractivity contribution >= 4 is 33.1 Å². The fourth-order valence-electron chi connectivity index (χ4n) is 1.60. The second-order valence-electron chi connectivity index (χ2n) is 4.17. The average molecular weight is 301 g/mol. The molecule has 2 aromatic rings. The number of rotatable bonds is 3. The third kappa shape index (κ3) is 2.66. The summed E-state index contributed by atoms with van der Waals surface area (Å²) in [5, 5.41) is 6.66. The number of nitrogen functional groups attached to an aromatic ring is 1. The summed E-state index contributed by atoms with van der Waals surface area (Å²) in [6.07, 6.45) is 1.53. The molecule has 0 amide bonds. The predicted molar refractivity (Wildman–Crippen MR) is 74.7 cm³/mol. The van der Waals surface area contributed by atoms with Gasteiger partial charge in [-0.3, -0.25) is 9.82 Å². The van der Waals surface area contributed by atoms with Gasteiger partial charge in [-0.2, -0.15) is 5.10 Å². The number of nitrogens with one attached hydrogen (secondary N) is 2. The van der Waals surface area contributed by atoms with Crippen LogP contribution in [0.25, 0.3) is 0 Å². The molecule has 2 rings (SSSR count). The molecule has 0 fully saturated rings. The van der Waals surface area contributed by atoms with Gasteiger partial charge in [-0.05, 0) is 31.5 Å². The summed E-state index contributed by atoms with van der Waals surface area (Å²) in [5.41, 5.74) is 7.08. The van der Waals surface area contributed by atoms with Gasteiger partial charge in [-0.25, -0.2) is 8.42 Å². The van der Waals surface area contributed by atoms with E-state index >= 15 is 0 Å².